The molecule has 1 amide bonds. The number of carbonyl (C=O) groups is 1. The number of methoxy groups -OCH3 is 2. The molecule has 0 bridgehead atoms. The Balaban J connectivity index is 2.91. The van der Waals surface area contributed by atoms with Gasteiger partial charge in [-0.25, -0.2) is 0 Å². The van der Waals surface area contributed by atoms with Crippen LogP contribution in [0.1, 0.15) is 10.4 Å². The molecular weight excluding hydrogens is 252 g/mol. The van der Waals surface area contributed by atoms with Gasteiger partial charge in [0.05, 0.1) is 19.8 Å². The average molecular weight is 270 g/mol. The van der Waals surface area contributed by atoms with Crippen LogP contribution in [0.4, 0.5) is 5.69 Å². The van der Waals surface area contributed by atoms with Gasteiger partial charge in [-0.05, 0) is 12.3 Å². The molecule has 3 N–H and O–H groups in total. The summed E-state index contributed by atoms with van der Waals surface area (Å²) in [6.07, 6.45) is 1.98. The van der Waals surface area contributed by atoms with Gasteiger partial charge in [-0.1, -0.05) is 0 Å². The maximum absolute atomic E-state index is 11.9. The summed E-state index contributed by atoms with van der Waals surface area (Å²) in [5, 5.41) is 2.79. The second kappa shape index (κ2) is 7.00. The van der Waals surface area contributed by atoms with Crippen LogP contribution in [0.25, 0.3) is 0 Å². The van der Waals surface area contributed by atoms with Gasteiger partial charge in [-0.3, -0.25) is 4.79 Å². The molecule has 0 radical (unpaired) electrons. The number of hydrogen-bond acceptors (Lipinski definition) is 5. The van der Waals surface area contributed by atoms with Gasteiger partial charge in [0.1, 0.15) is 0 Å². The number of hydrogen-bond donors (Lipinski definition) is 2. The minimum Gasteiger partial charge on any atom is -0.493 e. The van der Waals surface area contributed by atoms with Crippen LogP contribution < -0.4 is 20.5 Å². The summed E-state index contributed by atoms with van der Waals surface area (Å²) >= 11 is 1.67. The zero-order valence-electron chi connectivity index (χ0n) is 10.8. The average Bonchev–Trinajstić information content (AvgIpc) is 2.38. The van der Waals surface area contributed by atoms with E-state index in [1.165, 1.54) is 14.2 Å². The Morgan fingerprint density at radius 3 is 2.50 bits per heavy atom. The fourth-order valence-corrected chi connectivity index (χ4v) is 1.76. The largest absolute Gasteiger partial charge is 0.493 e. The third-order valence-corrected chi connectivity index (χ3v) is 3.00. The minimum absolute atomic E-state index is 0.206. The van der Waals surface area contributed by atoms with Crippen LogP contribution in [0.5, 0.6) is 11.5 Å². The van der Waals surface area contributed by atoms with E-state index in [2.05, 4.69) is 5.32 Å². The van der Waals surface area contributed by atoms with Crippen molar-refractivity contribution in [2.45, 2.75) is 0 Å². The third kappa shape index (κ3) is 3.46. The van der Waals surface area contributed by atoms with Gasteiger partial charge in [0.2, 0.25) is 0 Å². The molecule has 0 spiro atoms. The van der Waals surface area contributed by atoms with E-state index in [1.807, 2.05) is 6.26 Å². The summed E-state index contributed by atoms with van der Waals surface area (Å²) in [6.45, 7) is 0.605. The Labute approximate surface area is 111 Å². The first kappa shape index (κ1) is 14.5. The molecule has 0 saturated carbocycles. The van der Waals surface area contributed by atoms with Gasteiger partial charge < -0.3 is 20.5 Å². The number of nitrogen functional groups attached to an aromatic ring is 1. The number of benzene rings is 1. The number of ether oxygens (including phenoxy) is 2. The number of rotatable bonds is 6. The van der Waals surface area contributed by atoms with Crippen molar-refractivity contribution in [3.63, 3.8) is 0 Å². The normalized spacial score (nSPS) is 9.94. The van der Waals surface area contributed by atoms with Crippen molar-refractivity contribution < 1.29 is 14.3 Å². The van der Waals surface area contributed by atoms with Crippen molar-refractivity contribution >= 4 is 23.4 Å². The molecule has 5 nitrogen and oxygen atoms in total. The second-order valence-corrected chi connectivity index (χ2v) is 4.53. The Morgan fingerprint density at radius 1 is 1.33 bits per heavy atom. The standard InChI is InChI=1S/C12H18N2O3S/c1-16-10-6-8(9(13)7-11(10)17-2)12(15)14-4-5-18-3/h6-7H,4-5,13H2,1-3H3,(H,14,15). The first-order chi connectivity index (χ1) is 8.63. The van der Waals surface area contributed by atoms with E-state index < -0.39 is 0 Å². The van der Waals surface area contributed by atoms with Crippen molar-refractivity contribution in [2.24, 2.45) is 0 Å². The molecule has 0 saturated heterocycles. The van der Waals surface area contributed by atoms with Gasteiger partial charge >= 0.3 is 0 Å². The van der Waals surface area contributed by atoms with Gasteiger partial charge in [0.15, 0.2) is 11.5 Å². The third-order valence-electron chi connectivity index (χ3n) is 2.39. The zero-order chi connectivity index (χ0) is 13.5. The molecule has 0 aromatic heterocycles. The molecule has 0 unspecified atom stereocenters. The monoisotopic (exact) mass is 270 g/mol. The number of amides is 1. The van der Waals surface area contributed by atoms with Gasteiger partial charge in [-0.15, -0.1) is 0 Å². The molecule has 0 aliphatic heterocycles. The van der Waals surface area contributed by atoms with Crippen LogP contribution in [-0.4, -0.2) is 38.7 Å². The second-order valence-electron chi connectivity index (χ2n) is 3.54. The quantitative estimate of drug-likeness (QED) is 0.603. The first-order valence-electron chi connectivity index (χ1n) is 5.42. The van der Waals surface area contributed by atoms with E-state index in [4.69, 9.17) is 15.2 Å². The molecule has 6 heteroatoms. The van der Waals surface area contributed by atoms with Gasteiger partial charge in [0.25, 0.3) is 5.91 Å². The lowest BCUT2D eigenvalue weighted by Crippen LogP contribution is -2.26. The number of nitrogens with two attached hydrogens (primary N) is 1. The van der Waals surface area contributed by atoms with E-state index in [0.717, 1.165) is 5.75 Å². The Kier molecular flexibility index (Phi) is 5.64. The van der Waals surface area contributed by atoms with Crippen LogP contribution in [0.15, 0.2) is 12.1 Å². The molecular formula is C12H18N2O3S. The highest BCUT2D eigenvalue weighted by Crippen LogP contribution is 2.31. The van der Waals surface area contributed by atoms with Crippen LogP contribution in [0.2, 0.25) is 0 Å². The van der Waals surface area contributed by atoms with Crippen molar-refractivity contribution in [1.29, 1.82) is 0 Å². The summed E-state index contributed by atoms with van der Waals surface area (Å²) < 4.78 is 10.3. The lowest BCUT2D eigenvalue weighted by atomic mass is 10.1. The van der Waals surface area contributed by atoms with Crippen LogP contribution in [0.3, 0.4) is 0 Å². The molecule has 1 aromatic carbocycles. The van der Waals surface area contributed by atoms with Crippen molar-refractivity contribution in [3.8, 4) is 11.5 Å². The SMILES string of the molecule is COc1cc(N)c(C(=O)NCCSC)cc1OC. The molecule has 0 atom stereocenters. The number of anilines is 1. The van der Waals surface area contributed by atoms with Crippen LogP contribution in [-0.2, 0) is 0 Å². The molecule has 18 heavy (non-hydrogen) atoms. The summed E-state index contributed by atoms with van der Waals surface area (Å²) in [7, 11) is 3.04. The highest BCUT2D eigenvalue weighted by Gasteiger charge is 2.14. The smallest absolute Gasteiger partial charge is 0.253 e. The fourth-order valence-electron chi connectivity index (χ4n) is 1.45. The predicted molar refractivity (Wildman–Crippen MR) is 74.7 cm³/mol. The van der Waals surface area contributed by atoms with Crippen molar-refractivity contribution in [1.82, 2.24) is 5.32 Å². The molecule has 1 rings (SSSR count). The van der Waals surface area contributed by atoms with Gasteiger partial charge in [0, 0.05) is 24.1 Å². The molecule has 0 aliphatic rings. The molecule has 1 aromatic rings. The Hall–Kier alpha value is -1.56. The predicted octanol–water partition coefficient (Wildman–Crippen LogP) is 1.38. The fraction of sp³-hybridized carbons (Fsp3) is 0.417. The Bertz CT molecular complexity index is 424. The molecule has 0 fully saturated rings. The lowest BCUT2D eigenvalue weighted by Gasteiger charge is -2.12. The maximum Gasteiger partial charge on any atom is 0.253 e. The summed E-state index contributed by atoms with van der Waals surface area (Å²) in [5.74, 6) is 1.65. The van der Waals surface area contributed by atoms with E-state index in [-0.39, 0.29) is 5.91 Å². The first-order valence-corrected chi connectivity index (χ1v) is 6.82. The Morgan fingerprint density at radius 2 is 1.94 bits per heavy atom. The van der Waals surface area contributed by atoms with Crippen LogP contribution in [0, 0.1) is 0 Å². The maximum atomic E-state index is 11.9. The lowest BCUT2D eigenvalue weighted by molar-refractivity contribution is 0.0956. The topological polar surface area (TPSA) is 73.6 Å². The van der Waals surface area contributed by atoms with E-state index in [0.29, 0.717) is 29.3 Å². The van der Waals surface area contributed by atoms with E-state index in [9.17, 15) is 4.79 Å². The highest BCUT2D eigenvalue weighted by atomic mass is 32.2. The number of carbonyl (C=O) groups excluding carboxylic acids is 1. The molecule has 100 valence electrons. The minimum atomic E-state index is -0.206. The number of nitrogens with one attached hydrogen (secondary N) is 1. The molecule has 0 heterocycles. The number of thioether (sulfide) groups is 1. The summed E-state index contributed by atoms with van der Waals surface area (Å²) in [5.41, 5.74) is 6.59. The highest BCUT2D eigenvalue weighted by molar-refractivity contribution is 7.98. The van der Waals surface area contributed by atoms with Crippen molar-refractivity contribution in [2.75, 3.05) is 38.5 Å². The van der Waals surface area contributed by atoms with E-state index >= 15 is 0 Å². The summed E-state index contributed by atoms with van der Waals surface area (Å²) in [6, 6.07) is 3.17. The van der Waals surface area contributed by atoms with Crippen LogP contribution >= 0.6 is 11.8 Å². The van der Waals surface area contributed by atoms with Crippen molar-refractivity contribution in [3.05, 3.63) is 17.7 Å². The summed E-state index contributed by atoms with van der Waals surface area (Å²) in [4.78, 5) is 11.9. The zero-order valence-corrected chi connectivity index (χ0v) is 11.6. The van der Waals surface area contributed by atoms with Gasteiger partial charge in [-0.2, -0.15) is 11.8 Å². The molecule has 0 aliphatic carbocycles. The van der Waals surface area contributed by atoms with E-state index in [1.54, 1.807) is 23.9 Å².